The molecule has 2 amide bonds. The minimum atomic E-state index is -0.251. The third kappa shape index (κ3) is 4.73. The zero-order valence-corrected chi connectivity index (χ0v) is 15.7. The van der Waals surface area contributed by atoms with Crippen LogP contribution < -0.4 is 10.6 Å². The predicted molar refractivity (Wildman–Crippen MR) is 109 cm³/mol. The van der Waals surface area contributed by atoms with E-state index in [-0.39, 0.29) is 24.4 Å². The maximum atomic E-state index is 12.4. The molecule has 3 aromatic carbocycles. The minimum absolute atomic E-state index is 0.0476. The summed E-state index contributed by atoms with van der Waals surface area (Å²) in [5.74, 6) is -0.448. The first-order valence-electron chi connectivity index (χ1n) is 9.19. The van der Waals surface area contributed by atoms with Gasteiger partial charge in [0.1, 0.15) is 0 Å². The van der Waals surface area contributed by atoms with Crippen LogP contribution in [-0.2, 0) is 4.79 Å². The van der Waals surface area contributed by atoms with Crippen molar-refractivity contribution in [3.8, 4) is 0 Å². The van der Waals surface area contributed by atoms with Crippen LogP contribution in [0.3, 0.4) is 0 Å². The molecule has 3 aromatic rings. The summed E-state index contributed by atoms with van der Waals surface area (Å²) in [5, 5.41) is 7.77. The largest absolute Gasteiger partial charge is 0.348 e. The molecule has 0 bridgehead atoms. The SMILES string of the molecule is CCC(NC(=O)CNC(=O)c1ccc2ccccc2c1)c1ccc(C)cc1. The fourth-order valence-electron chi connectivity index (χ4n) is 3.06. The number of fused-ring (bicyclic) bond motifs is 1. The van der Waals surface area contributed by atoms with Crippen molar-refractivity contribution >= 4 is 22.6 Å². The van der Waals surface area contributed by atoms with Crippen molar-refractivity contribution in [1.82, 2.24) is 10.6 Å². The fraction of sp³-hybridized carbons (Fsp3) is 0.217. The zero-order valence-electron chi connectivity index (χ0n) is 15.7. The van der Waals surface area contributed by atoms with Crippen LogP contribution in [0.5, 0.6) is 0 Å². The lowest BCUT2D eigenvalue weighted by molar-refractivity contribution is -0.120. The average molecular weight is 360 g/mol. The van der Waals surface area contributed by atoms with Gasteiger partial charge in [0.05, 0.1) is 12.6 Å². The first kappa shape index (κ1) is 18.6. The van der Waals surface area contributed by atoms with Gasteiger partial charge in [-0.05, 0) is 41.8 Å². The van der Waals surface area contributed by atoms with E-state index in [1.54, 1.807) is 6.07 Å². The number of amides is 2. The summed E-state index contributed by atoms with van der Waals surface area (Å²) in [7, 11) is 0. The number of carbonyl (C=O) groups is 2. The van der Waals surface area contributed by atoms with Gasteiger partial charge in [-0.25, -0.2) is 0 Å². The van der Waals surface area contributed by atoms with Gasteiger partial charge in [0.15, 0.2) is 0 Å². The van der Waals surface area contributed by atoms with Gasteiger partial charge in [-0.2, -0.15) is 0 Å². The van der Waals surface area contributed by atoms with Crippen LogP contribution in [0.15, 0.2) is 66.7 Å². The third-order valence-electron chi connectivity index (χ3n) is 4.64. The fourth-order valence-corrected chi connectivity index (χ4v) is 3.06. The van der Waals surface area contributed by atoms with Crippen LogP contribution in [0.25, 0.3) is 10.8 Å². The van der Waals surface area contributed by atoms with Crippen LogP contribution in [0.4, 0.5) is 0 Å². The molecule has 4 heteroatoms. The Morgan fingerprint density at radius 3 is 2.33 bits per heavy atom. The van der Waals surface area contributed by atoms with E-state index in [0.29, 0.717) is 5.56 Å². The highest BCUT2D eigenvalue weighted by atomic mass is 16.2. The van der Waals surface area contributed by atoms with Gasteiger partial charge in [0, 0.05) is 5.56 Å². The Hall–Kier alpha value is -3.14. The Balaban J connectivity index is 1.58. The highest BCUT2D eigenvalue weighted by Gasteiger charge is 2.14. The summed E-state index contributed by atoms with van der Waals surface area (Å²) in [6.07, 6.45) is 0.785. The Morgan fingerprint density at radius 2 is 1.63 bits per heavy atom. The van der Waals surface area contributed by atoms with Crippen molar-refractivity contribution in [2.24, 2.45) is 0 Å². The Bertz CT molecular complexity index is 948. The number of nitrogens with one attached hydrogen (secondary N) is 2. The lowest BCUT2D eigenvalue weighted by Crippen LogP contribution is -2.38. The van der Waals surface area contributed by atoms with Gasteiger partial charge in [0.25, 0.3) is 5.91 Å². The van der Waals surface area contributed by atoms with E-state index in [9.17, 15) is 9.59 Å². The van der Waals surface area contributed by atoms with Crippen molar-refractivity contribution in [2.75, 3.05) is 6.54 Å². The van der Waals surface area contributed by atoms with Crippen LogP contribution >= 0.6 is 0 Å². The molecule has 0 aliphatic heterocycles. The normalized spacial score (nSPS) is 11.8. The van der Waals surface area contributed by atoms with Gasteiger partial charge in [-0.1, -0.05) is 67.1 Å². The third-order valence-corrected chi connectivity index (χ3v) is 4.64. The quantitative estimate of drug-likeness (QED) is 0.694. The van der Waals surface area contributed by atoms with Crippen molar-refractivity contribution < 1.29 is 9.59 Å². The van der Waals surface area contributed by atoms with Gasteiger partial charge in [-0.15, -0.1) is 0 Å². The molecule has 0 spiro atoms. The van der Waals surface area contributed by atoms with E-state index >= 15 is 0 Å². The van der Waals surface area contributed by atoms with Gasteiger partial charge in [-0.3, -0.25) is 9.59 Å². The molecule has 3 rings (SSSR count). The van der Waals surface area contributed by atoms with Gasteiger partial charge < -0.3 is 10.6 Å². The van der Waals surface area contributed by atoms with Crippen LogP contribution in [0.1, 0.15) is 40.9 Å². The second-order valence-corrected chi connectivity index (χ2v) is 6.68. The second-order valence-electron chi connectivity index (χ2n) is 6.68. The summed E-state index contributed by atoms with van der Waals surface area (Å²) >= 11 is 0. The van der Waals surface area contributed by atoms with E-state index in [2.05, 4.69) is 10.6 Å². The van der Waals surface area contributed by atoms with E-state index in [4.69, 9.17) is 0 Å². The smallest absolute Gasteiger partial charge is 0.251 e. The van der Waals surface area contributed by atoms with E-state index < -0.39 is 0 Å². The molecule has 4 nitrogen and oxygen atoms in total. The highest BCUT2D eigenvalue weighted by molar-refractivity contribution is 6.00. The number of rotatable bonds is 6. The Kier molecular flexibility index (Phi) is 5.87. The number of hydrogen-bond donors (Lipinski definition) is 2. The molecule has 0 heterocycles. The first-order chi connectivity index (χ1) is 13.1. The lowest BCUT2D eigenvalue weighted by atomic mass is 10.0. The molecule has 0 aromatic heterocycles. The highest BCUT2D eigenvalue weighted by Crippen LogP contribution is 2.17. The summed E-state index contributed by atoms with van der Waals surface area (Å²) in [4.78, 5) is 24.6. The number of benzene rings is 3. The lowest BCUT2D eigenvalue weighted by Gasteiger charge is -2.18. The molecule has 0 saturated heterocycles. The maximum Gasteiger partial charge on any atom is 0.251 e. The van der Waals surface area contributed by atoms with Crippen molar-refractivity contribution in [2.45, 2.75) is 26.3 Å². The molecular formula is C23H24N2O2. The molecule has 0 fully saturated rings. The molecule has 0 aliphatic rings. The molecular weight excluding hydrogens is 336 g/mol. The number of aryl methyl sites for hydroxylation is 1. The van der Waals surface area contributed by atoms with Crippen molar-refractivity contribution in [1.29, 1.82) is 0 Å². The van der Waals surface area contributed by atoms with E-state index in [0.717, 1.165) is 22.8 Å². The minimum Gasteiger partial charge on any atom is -0.348 e. The van der Waals surface area contributed by atoms with E-state index in [1.165, 1.54) is 5.56 Å². The van der Waals surface area contributed by atoms with Gasteiger partial charge in [0.2, 0.25) is 5.91 Å². The molecule has 138 valence electrons. The van der Waals surface area contributed by atoms with Gasteiger partial charge >= 0.3 is 0 Å². The molecule has 2 N–H and O–H groups in total. The summed E-state index contributed by atoms with van der Waals surface area (Å²) in [5.41, 5.74) is 2.80. The number of carbonyl (C=O) groups excluding carboxylic acids is 2. The predicted octanol–water partition coefficient (Wildman–Crippen LogP) is 4.15. The molecule has 0 saturated carbocycles. The second kappa shape index (κ2) is 8.49. The summed E-state index contributed by atoms with van der Waals surface area (Å²) in [6.45, 7) is 4.01. The van der Waals surface area contributed by atoms with Crippen LogP contribution in [0, 0.1) is 6.92 Å². The van der Waals surface area contributed by atoms with E-state index in [1.807, 2.05) is 74.5 Å². The van der Waals surface area contributed by atoms with Crippen molar-refractivity contribution in [3.05, 3.63) is 83.4 Å². The molecule has 0 aliphatic carbocycles. The Morgan fingerprint density at radius 1 is 0.926 bits per heavy atom. The zero-order chi connectivity index (χ0) is 19.2. The monoisotopic (exact) mass is 360 g/mol. The average Bonchev–Trinajstić information content (AvgIpc) is 2.70. The summed E-state index contributed by atoms with van der Waals surface area (Å²) in [6, 6.07) is 21.4. The maximum absolute atomic E-state index is 12.4. The van der Waals surface area contributed by atoms with Crippen molar-refractivity contribution in [3.63, 3.8) is 0 Å². The molecule has 1 unspecified atom stereocenters. The first-order valence-corrected chi connectivity index (χ1v) is 9.19. The number of hydrogen-bond acceptors (Lipinski definition) is 2. The van der Waals surface area contributed by atoms with Crippen LogP contribution in [0.2, 0.25) is 0 Å². The molecule has 27 heavy (non-hydrogen) atoms. The molecule has 1 atom stereocenters. The Labute approximate surface area is 159 Å². The molecule has 0 radical (unpaired) electrons. The summed E-state index contributed by atoms with van der Waals surface area (Å²) < 4.78 is 0. The standard InChI is InChI=1S/C23H24N2O2/c1-3-21(18-10-8-16(2)9-11-18)25-22(26)15-24-23(27)20-13-12-17-6-4-5-7-19(17)14-20/h4-14,21H,3,15H2,1-2H3,(H,24,27)(H,25,26). The topological polar surface area (TPSA) is 58.2 Å². The van der Waals surface area contributed by atoms with Crippen LogP contribution in [-0.4, -0.2) is 18.4 Å².